The summed E-state index contributed by atoms with van der Waals surface area (Å²) in [6, 6.07) is 14.2. The van der Waals surface area contributed by atoms with Gasteiger partial charge in [-0.2, -0.15) is 0 Å². The average Bonchev–Trinajstić information content (AvgIpc) is 2.70. The van der Waals surface area contributed by atoms with Gasteiger partial charge in [0.2, 0.25) is 0 Å². The number of benzene rings is 2. The summed E-state index contributed by atoms with van der Waals surface area (Å²) in [5.41, 5.74) is 4.63. The Bertz CT molecular complexity index is 875. The van der Waals surface area contributed by atoms with Crippen molar-refractivity contribution >= 4 is 35.2 Å². The Hall–Kier alpha value is -3.40. The first-order valence-corrected chi connectivity index (χ1v) is 9.08. The van der Waals surface area contributed by atoms with E-state index in [1.54, 1.807) is 36.4 Å². The van der Waals surface area contributed by atoms with Crippen LogP contribution in [0.2, 0.25) is 0 Å². The number of hydrogen-bond donors (Lipinski definition) is 2. The average molecular weight is 403 g/mol. The minimum absolute atomic E-state index is 0.116. The van der Waals surface area contributed by atoms with Crippen LogP contribution in [0.5, 0.6) is 0 Å². The predicted octanol–water partition coefficient (Wildman–Crippen LogP) is 2.08. The molecule has 0 spiro atoms. The third-order valence-corrected chi connectivity index (χ3v) is 4.46. The van der Waals surface area contributed by atoms with Crippen molar-refractivity contribution in [2.45, 2.75) is 17.9 Å². The van der Waals surface area contributed by atoms with E-state index in [0.29, 0.717) is 10.5 Å². The lowest BCUT2D eigenvalue weighted by molar-refractivity contribution is -0.387. The number of thioether (sulfide) groups is 1. The number of nitro benzene ring substituents is 1. The van der Waals surface area contributed by atoms with Gasteiger partial charge >= 0.3 is 5.97 Å². The third kappa shape index (κ3) is 6.09. The van der Waals surface area contributed by atoms with Crippen LogP contribution in [0, 0.1) is 10.1 Å². The zero-order valence-electron chi connectivity index (χ0n) is 14.8. The van der Waals surface area contributed by atoms with Crippen molar-refractivity contribution in [2.24, 2.45) is 0 Å². The molecule has 0 bridgehead atoms. The molecule has 0 aliphatic heterocycles. The van der Waals surface area contributed by atoms with Gasteiger partial charge in [-0.15, -0.1) is 11.8 Å². The number of rotatable bonds is 7. The maximum Gasteiger partial charge on any atom is 0.317 e. The van der Waals surface area contributed by atoms with Crippen molar-refractivity contribution < 1.29 is 24.0 Å². The summed E-state index contributed by atoms with van der Waals surface area (Å²) in [6.07, 6.45) is -1.16. The van der Waals surface area contributed by atoms with Crippen LogP contribution in [0.25, 0.3) is 0 Å². The summed E-state index contributed by atoms with van der Waals surface area (Å²) < 4.78 is 4.98. The van der Waals surface area contributed by atoms with Gasteiger partial charge in [-0.25, -0.2) is 0 Å². The molecule has 2 N–H and O–H groups in total. The molecule has 146 valence electrons. The molecule has 0 aromatic heterocycles. The third-order valence-electron chi connectivity index (χ3n) is 3.42. The highest BCUT2D eigenvalue weighted by Gasteiger charge is 2.20. The van der Waals surface area contributed by atoms with E-state index in [1.165, 1.54) is 25.1 Å². The Morgan fingerprint density at radius 1 is 1.07 bits per heavy atom. The smallest absolute Gasteiger partial charge is 0.317 e. The predicted molar refractivity (Wildman–Crippen MR) is 101 cm³/mol. The zero-order chi connectivity index (χ0) is 20.5. The van der Waals surface area contributed by atoms with Gasteiger partial charge in [0, 0.05) is 11.6 Å². The van der Waals surface area contributed by atoms with Gasteiger partial charge in [0.15, 0.2) is 6.10 Å². The fourth-order valence-corrected chi connectivity index (χ4v) is 2.84. The van der Waals surface area contributed by atoms with E-state index in [2.05, 4.69) is 10.9 Å². The second-order valence-corrected chi connectivity index (χ2v) is 6.47. The highest BCUT2D eigenvalue weighted by molar-refractivity contribution is 8.00. The molecule has 2 rings (SSSR count). The van der Waals surface area contributed by atoms with E-state index >= 15 is 0 Å². The van der Waals surface area contributed by atoms with Crippen LogP contribution in [0.4, 0.5) is 5.69 Å². The number of nitrogens with zero attached hydrogens (tertiary/aromatic N) is 1. The summed E-state index contributed by atoms with van der Waals surface area (Å²) >= 11 is 0.935. The summed E-state index contributed by atoms with van der Waals surface area (Å²) in [4.78, 5) is 46.4. The molecular weight excluding hydrogens is 386 g/mol. The number of carbonyl (C=O) groups excluding carboxylic acids is 3. The van der Waals surface area contributed by atoms with Crippen LogP contribution in [-0.4, -0.2) is 34.6 Å². The van der Waals surface area contributed by atoms with E-state index in [0.717, 1.165) is 11.8 Å². The molecule has 9 nitrogen and oxygen atoms in total. The van der Waals surface area contributed by atoms with E-state index in [4.69, 9.17) is 4.74 Å². The largest absolute Gasteiger partial charge is 0.452 e. The molecule has 10 heteroatoms. The number of nitro groups is 1. The Labute approximate surface area is 164 Å². The van der Waals surface area contributed by atoms with Crippen molar-refractivity contribution in [2.75, 3.05) is 5.75 Å². The van der Waals surface area contributed by atoms with Crippen LogP contribution >= 0.6 is 11.8 Å². The van der Waals surface area contributed by atoms with Crippen LogP contribution in [-0.2, 0) is 14.3 Å². The van der Waals surface area contributed by atoms with Gasteiger partial charge < -0.3 is 4.74 Å². The first-order valence-electron chi connectivity index (χ1n) is 8.09. The van der Waals surface area contributed by atoms with Crippen molar-refractivity contribution in [3.05, 3.63) is 70.3 Å². The Balaban J connectivity index is 1.79. The number of esters is 1. The van der Waals surface area contributed by atoms with Crippen molar-refractivity contribution in [3.63, 3.8) is 0 Å². The Kier molecular flexibility index (Phi) is 7.52. The lowest BCUT2D eigenvalue weighted by Gasteiger charge is -2.14. The molecule has 0 aliphatic carbocycles. The molecular formula is C18H17N3O6S. The summed E-state index contributed by atoms with van der Waals surface area (Å²) in [5, 5.41) is 11.0. The minimum Gasteiger partial charge on any atom is -0.452 e. The maximum absolute atomic E-state index is 11.9. The molecule has 2 aromatic carbocycles. The molecule has 0 aliphatic rings. The lowest BCUT2D eigenvalue weighted by Crippen LogP contribution is -2.46. The fraction of sp³-hybridized carbons (Fsp3) is 0.167. The fourth-order valence-electron chi connectivity index (χ4n) is 2.03. The van der Waals surface area contributed by atoms with Gasteiger partial charge in [0.1, 0.15) is 0 Å². The van der Waals surface area contributed by atoms with Gasteiger partial charge in [-0.05, 0) is 25.1 Å². The first-order chi connectivity index (χ1) is 13.4. The monoisotopic (exact) mass is 403 g/mol. The SMILES string of the molecule is C[C@H](OC(=O)CSc1ccccc1[N+](=O)[O-])C(=O)NNC(=O)c1ccccc1. The van der Waals surface area contributed by atoms with E-state index in [1.807, 2.05) is 0 Å². The molecule has 28 heavy (non-hydrogen) atoms. The van der Waals surface area contributed by atoms with Gasteiger partial charge in [0.05, 0.1) is 15.6 Å². The highest BCUT2D eigenvalue weighted by atomic mass is 32.2. The number of hydrogen-bond acceptors (Lipinski definition) is 7. The summed E-state index contributed by atoms with van der Waals surface area (Å²) in [7, 11) is 0. The minimum atomic E-state index is -1.16. The molecule has 0 radical (unpaired) electrons. The lowest BCUT2D eigenvalue weighted by atomic mass is 10.2. The molecule has 0 unspecified atom stereocenters. The molecule has 0 saturated heterocycles. The standard InChI is InChI=1S/C18H17N3O6S/c1-12(17(23)19-20-18(24)13-7-3-2-4-8-13)27-16(22)11-28-15-10-6-5-9-14(15)21(25)26/h2-10,12H,11H2,1H3,(H,19,23)(H,20,24)/t12-/m0/s1. The summed E-state index contributed by atoms with van der Waals surface area (Å²) in [5.74, 6) is -2.16. The van der Waals surface area contributed by atoms with Crippen molar-refractivity contribution in [1.29, 1.82) is 0 Å². The topological polar surface area (TPSA) is 128 Å². The second-order valence-electron chi connectivity index (χ2n) is 5.45. The van der Waals surface area contributed by atoms with Gasteiger partial charge in [-0.1, -0.05) is 30.3 Å². The molecule has 2 amide bonds. The number of para-hydroxylation sites is 1. The molecule has 2 aromatic rings. The number of amides is 2. The van der Waals surface area contributed by atoms with Crippen LogP contribution in [0.1, 0.15) is 17.3 Å². The van der Waals surface area contributed by atoms with E-state index < -0.39 is 28.8 Å². The van der Waals surface area contributed by atoms with Gasteiger partial charge in [0.25, 0.3) is 17.5 Å². The van der Waals surface area contributed by atoms with Crippen LogP contribution in [0.3, 0.4) is 0 Å². The number of ether oxygens (including phenoxy) is 1. The molecule has 1 atom stereocenters. The normalized spacial score (nSPS) is 11.2. The molecule has 0 fully saturated rings. The number of hydrazine groups is 1. The molecule has 0 heterocycles. The summed E-state index contributed by atoms with van der Waals surface area (Å²) in [6.45, 7) is 1.34. The zero-order valence-corrected chi connectivity index (χ0v) is 15.6. The van der Waals surface area contributed by atoms with E-state index in [9.17, 15) is 24.5 Å². The Morgan fingerprint density at radius 2 is 1.71 bits per heavy atom. The van der Waals surface area contributed by atoms with Gasteiger partial charge in [-0.3, -0.25) is 35.3 Å². The quantitative estimate of drug-likeness (QED) is 0.313. The first kappa shape index (κ1) is 20.9. The van der Waals surface area contributed by atoms with Crippen LogP contribution in [0.15, 0.2) is 59.5 Å². The second kappa shape index (κ2) is 10.1. The maximum atomic E-state index is 11.9. The van der Waals surface area contributed by atoms with Crippen molar-refractivity contribution in [3.8, 4) is 0 Å². The highest BCUT2D eigenvalue weighted by Crippen LogP contribution is 2.28. The van der Waals surface area contributed by atoms with Crippen LogP contribution < -0.4 is 10.9 Å². The number of carbonyl (C=O) groups is 3. The number of nitrogens with one attached hydrogen (secondary N) is 2. The van der Waals surface area contributed by atoms with E-state index in [-0.39, 0.29) is 11.4 Å². The van der Waals surface area contributed by atoms with Crippen molar-refractivity contribution in [1.82, 2.24) is 10.9 Å². The molecule has 0 saturated carbocycles. The Morgan fingerprint density at radius 3 is 2.39 bits per heavy atom.